The number of nitrogens with one attached hydrogen (secondary N) is 1. The number of fused-ring (bicyclic) bond motifs is 1. The minimum Gasteiger partial charge on any atom is -0.323 e. The molecule has 0 aliphatic heterocycles. The second-order valence-electron chi connectivity index (χ2n) is 5.41. The monoisotopic (exact) mass is 348 g/mol. The predicted molar refractivity (Wildman–Crippen MR) is 97.6 cm³/mol. The van der Waals surface area contributed by atoms with Crippen LogP contribution >= 0.6 is 11.6 Å². The van der Waals surface area contributed by atoms with Gasteiger partial charge in [0.15, 0.2) is 5.82 Å². The summed E-state index contributed by atoms with van der Waals surface area (Å²) in [4.78, 5) is 21.9. The van der Waals surface area contributed by atoms with Crippen molar-refractivity contribution in [3.05, 3.63) is 89.3 Å². The van der Waals surface area contributed by atoms with Gasteiger partial charge in [0, 0.05) is 23.0 Å². The molecule has 0 aliphatic rings. The molecule has 3 aromatic heterocycles. The third kappa shape index (κ3) is 2.97. The normalized spacial score (nSPS) is 10.8. The number of anilines is 2. The molecule has 0 saturated carbocycles. The molecule has 6 heteroatoms. The van der Waals surface area contributed by atoms with Crippen LogP contribution in [0.2, 0.25) is 5.02 Å². The number of ketones is 1. The predicted octanol–water partition coefficient (Wildman–Crippen LogP) is 4.36. The molecule has 4 aromatic rings. The van der Waals surface area contributed by atoms with Gasteiger partial charge in [-0.25, -0.2) is 9.97 Å². The average molecular weight is 349 g/mol. The third-order valence-electron chi connectivity index (χ3n) is 3.76. The van der Waals surface area contributed by atoms with Gasteiger partial charge in [0.25, 0.3) is 0 Å². The van der Waals surface area contributed by atoms with Crippen molar-refractivity contribution in [1.29, 1.82) is 0 Å². The van der Waals surface area contributed by atoms with Gasteiger partial charge < -0.3 is 5.32 Å². The van der Waals surface area contributed by atoms with E-state index in [0.29, 0.717) is 33.6 Å². The lowest BCUT2D eigenvalue weighted by atomic mass is 10.1. The fraction of sp³-hybridized carbons (Fsp3) is 0. The number of benzene rings is 1. The lowest BCUT2D eigenvalue weighted by Crippen LogP contribution is -2.08. The van der Waals surface area contributed by atoms with Gasteiger partial charge in [0.05, 0.1) is 0 Å². The maximum atomic E-state index is 13.1. The summed E-state index contributed by atoms with van der Waals surface area (Å²) in [7, 11) is 0. The summed E-state index contributed by atoms with van der Waals surface area (Å²) in [6.07, 6.45) is 3.49. The van der Waals surface area contributed by atoms with Crippen molar-refractivity contribution in [1.82, 2.24) is 14.4 Å². The van der Waals surface area contributed by atoms with Crippen LogP contribution in [0.25, 0.3) is 5.65 Å². The van der Waals surface area contributed by atoms with E-state index in [4.69, 9.17) is 11.6 Å². The Morgan fingerprint density at radius 1 is 1.00 bits per heavy atom. The molecule has 0 amide bonds. The number of carbonyl (C=O) groups excluding carboxylic acids is 1. The summed E-state index contributed by atoms with van der Waals surface area (Å²) in [5.74, 6) is 0.940. The molecule has 25 heavy (non-hydrogen) atoms. The lowest BCUT2D eigenvalue weighted by molar-refractivity contribution is 0.103. The minimum atomic E-state index is -0.145. The molecule has 0 unspecified atom stereocenters. The molecular formula is C19H13ClN4O. The Kier molecular flexibility index (Phi) is 3.91. The maximum Gasteiger partial charge on any atom is 0.213 e. The summed E-state index contributed by atoms with van der Waals surface area (Å²) in [6, 6.07) is 17.9. The lowest BCUT2D eigenvalue weighted by Gasteiger charge is -2.06. The Labute approximate surface area is 148 Å². The summed E-state index contributed by atoms with van der Waals surface area (Å²) >= 11 is 5.93. The fourth-order valence-electron chi connectivity index (χ4n) is 2.60. The van der Waals surface area contributed by atoms with Crippen LogP contribution in [0.1, 0.15) is 16.1 Å². The Morgan fingerprint density at radius 2 is 1.80 bits per heavy atom. The highest BCUT2D eigenvalue weighted by atomic mass is 35.5. The Hall–Kier alpha value is -3.18. The third-order valence-corrected chi connectivity index (χ3v) is 4.01. The van der Waals surface area contributed by atoms with E-state index in [1.54, 1.807) is 34.9 Å². The first-order chi connectivity index (χ1) is 12.2. The smallest absolute Gasteiger partial charge is 0.213 e. The molecule has 0 aliphatic carbocycles. The van der Waals surface area contributed by atoms with Crippen LogP contribution in [-0.4, -0.2) is 20.2 Å². The van der Waals surface area contributed by atoms with Gasteiger partial charge in [-0.05, 0) is 48.5 Å². The summed E-state index contributed by atoms with van der Waals surface area (Å²) < 4.78 is 1.77. The molecule has 5 nitrogen and oxygen atoms in total. The highest BCUT2D eigenvalue weighted by Gasteiger charge is 2.21. The molecule has 0 atom stereocenters. The van der Waals surface area contributed by atoms with E-state index in [2.05, 4.69) is 15.3 Å². The maximum absolute atomic E-state index is 13.1. The van der Waals surface area contributed by atoms with Gasteiger partial charge in [-0.3, -0.25) is 9.20 Å². The number of imidazole rings is 1. The quantitative estimate of drug-likeness (QED) is 0.557. The number of hydrogen-bond acceptors (Lipinski definition) is 4. The van der Waals surface area contributed by atoms with Crippen LogP contribution in [0.4, 0.5) is 11.6 Å². The number of carbonyl (C=O) groups is 1. The molecule has 0 saturated heterocycles. The van der Waals surface area contributed by atoms with Gasteiger partial charge in [-0.15, -0.1) is 0 Å². The molecule has 122 valence electrons. The molecule has 1 aromatic carbocycles. The molecule has 3 heterocycles. The standard InChI is InChI=1S/C19H13ClN4O/c20-14-9-7-13(8-10-14)18(25)17-19(22-15-5-1-3-11-21-15)23-16-6-2-4-12-24(16)17/h1-12H,(H,21,22). The zero-order chi connectivity index (χ0) is 17.2. The van der Waals surface area contributed by atoms with E-state index in [1.807, 2.05) is 42.6 Å². The van der Waals surface area contributed by atoms with Crippen molar-refractivity contribution in [2.24, 2.45) is 0 Å². The molecule has 1 N–H and O–H groups in total. The van der Waals surface area contributed by atoms with Crippen LogP contribution < -0.4 is 5.32 Å². The number of rotatable bonds is 4. The van der Waals surface area contributed by atoms with Gasteiger partial charge in [0.1, 0.15) is 17.2 Å². The van der Waals surface area contributed by atoms with Crippen molar-refractivity contribution < 1.29 is 4.79 Å². The Bertz CT molecular complexity index is 1040. The molecule has 0 radical (unpaired) electrons. The summed E-state index contributed by atoms with van der Waals surface area (Å²) in [5, 5.41) is 3.72. The van der Waals surface area contributed by atoms with E-state index >= 15 is 0 Å². The van der Waals surface area contributed by atoms with Gasteiger partial charge in [-0.1, -0.05) is 23.7 Å². The first kappa shape index (κ1) is 15.4. The van der Waals surface area contributed by atoms with Gasteiger partial charge >= 0.3 is 0 Å². The second-order valence-corrected chi connectivity index (χ2v) is 5.85. The van der Waals surface area contributed by atoms with Gasteiger partial charge in [-0.2, -0.15) is 0 Å². The molecule has 0 bridgehead atoms. The van der Waals surface area contributed by atoms with E-state index < -0.39 is 0 Å². The molecular weight excluding hydrogens is 336 g/mol. The number of nitrogens with zero attached hydrogens (tertiary/aromatic N) is 3. The number of hydrogen-bond donors (Lipinski definition) is 1. The molecule has 4 rings (SSSR count). The summed E-state index contributed by atoms with van der Waals surface area (Å²) in [5.41, 5.74) is 1.67. The van der Waals surface area contributed by atoms with Crippen molar-refractivity contribution >= 4 is 34.7 Å². The van der Waals surface area contributed by atoms with Crippen molar-refractivity contribution in [2.75, 3.05) is 5.32 Å². The number of pyridine rings is 2. The van der Waals surface area contributed by atoms with E-state index in [1.165, 1.54) is 0 Å². The molecule has 0 spiro atoms. The zero-order valence-corrected chi connectivity index (χ0v) is 13.8. The first-order valence-electron chi connectivity index (χ1n) is 7.68. The summed E-state index contributed by atoms with van der Waals surface area (Å²) in [6.45, 7) is 0. The Balaban J connectivity index is 1.84. The van der Waals surface area contributed by atoms with Gasteiger partial charge in [0.2, 0.25) is 5.78 Å². The Morgan fingerprint density at radius 3 is 2.56 bits per heavy atom. The van der Waals surface area contributed by atoms with Crippen LogP contribution in [0.15, 0.2) is 73.1 Å². The zero-order valence-electron chi connectivity index (χ0n) is 13.1. The first-order valence-corrected chi connectivity index (χ1v) is 8.05. The van der Waals surface area contributed by atoms with Crippen LogP contribution in [0, 0.1) is 0 Å². The van der Waals surface area contributed by atoms with Crippen LogP contribution in [0.3, 0.4) is 0 Å². The number of aromatic nitrogens is 3. The van der Waals surface area contributed by atoms with Crippen molar-refractivity contribution in [3.8, 4) is 0 Å². The molecule has 0 fully saturated rings. The van der Waals surface area contributed by atoms with E-state index in [-0.39, 0.29) is 5.78 Å². The average Bonchev–Trinajstić information content (AvgIpc) is 3.00. The topological polar surface area (TPSA) is 59.3 Å². The van der Waals surface area contributed by atoms with Crippen LogP contribution in [-0.2, 0) is 0 Å². The van der Waals surface area contributed by atoms with E-state index in [0.717, 1.165) is 0 Å². The SMILES string of the molecule is O=C(c1ccc(Cl)cc1)c1c(Nc2ccccn2)nc2ccccn12. The highest BCUT2D eigenvalue weighted by molar-refractivity contribution is 6.30. The number of halogens is 1. The largest absolute Gasteiger partial charge is 0.323 e. The van der Waals surface area contributed by atoms with E-state index in [9.17, 15) is 4.79 Å². The highest BCUT2D eigenvalue weighted by Crippen LogP contribution is 2.24. The van der Waals surface area contributed by atoms with Crippen molar-refractivity contribution in [3.63, 3.8) is 0 Å². The van der Waals surface area contributed by atoms with Crippen LogP contribution in [0.5, 0.6) is 0 Å². The second kappa shape index (κ2) is 6.37. The van der Waals surface area contributed by atoms with Crippen molar-refractivity contribution in [2.45, 2.75) is 0 Å². The fourth-order valence-corrected chi connectivity index (χ4v) is 2.72. The minimum absolute atomic E-state index is 0.145.